The third-order valence-electron chi connectivity index (χ3n) is 26.1. The van der Waals surface area contributed by atoms with E-state index in [-0.39, 0.29) is 0 Å². The van der Waals surface area contributed by atoms with E-state index in [0.717, 1.165) is 12.0 Å². The fourth-order valence-electron chi connectivity index (χ4n) is 18.9. The highest BCUT2D eigenvalue weighted by molar-refractivity contribution is 5.36. The van der Waals surface area contributed by atoms with Crippen LogP contribution in [0.25, 0.3) is 0 Å². The summed E-state index contributed by atoms with van der Waals surface area (Å²) in [6.07, 6.45) is 47.7. The normalized spacial score (nSPS) is 19.1. The average molecular weight is 1380 g/mol. The van der Waals surface area contributed by atoms with Gasteiger partial charge in [-0.1, -0.05) is 307 Å². The van der Waals surface area contributed by atoms with E-state index in [2.05, 4.69) is 286 Å². The van der Waals surface area contributed by atoms with Crippen LogP contribution in [0.4, 0.5) is 0 Å². The van der Waals surface area contributed by atoms with Gasteiger partial charge in [-0.2, -0.15) is 0 Å². The lowest BCUT2D eigenvalue weighted by atomic mass is 9.52. The van der Waals surface area contributed by atoms with Gasteiger partial charge in [-0.05, 0) is 209 Å². The first kappa shape index (κ1) is 83.1. The molecule has 6 saturated carbocycles. The summed E-state index contributed by atoms with van der Waals surface area (Å²) in [5.74, 6) is 6.34. The van der Waals surface area contributed by atoms with Crippen molar-refractivity contribution in [3.8, 4) is 11.8 Å². The van der Waals surface area contributed by atoms with Crippen molar-refractivity contribution in [3.05, 3.63) is 228 Å². The molecule has 3 aromatic carbocycles. The first-order valence-corrected chi connectivity index (χ1v) is 40.2. The van der Waals surface area contributed by atoms with Crippen LogP contribution in [0.15, 0.2) is 189 Å². The van der Waals surface area contributed by atoms with Crippen molar-refractivity contribution in [1.29, 1.82) is 0 Å². The Labute approximate surface area is 626 Å². The van der Waals surface area contributed by atoms with Crippen molar-refractivity contribution in [2.75, 3.05) is 0 Å². The molecule has 0 N–H and O–H groups in total. The maximum absolute atomic E-state index is 4.15. The Morgan fingerprint density at radius 1 is 0.235 bits per heavy atom. The van der Waals surface area contributed by atoms with E-state index < -0.39 is 0 Å². The van der Waals surface area contributed by atoms with Crippen LogP contribution in [0.3, 0.4) is 0 Å². The molecule has 4 aromatic heterocycles. The van der Waals surface area contributed by atoms with Crippen molar-refractivity contribution in [2.24, 2.45) is 37.9 Å². The Morgan fingerprint density at radius 2 is 0.431 bits per heavy atom. The van der Waals surface area contributed by atoms with Crippen molar-refractivity contribution in [3.63, 3.8) is 0 Å². The van der Waals surface area contributed by atoms with E-state index in [0.29, 0.717) is 70.4 Å². The lowest BCUT2D eigenvalue weighted by Gasteiger charge is -2.52. The van der Waals surface area contributed by atoms with Crippen molar-refractivity contribution < 1.29 is 0 Å². The molecule has 0 aliphatic heterocycles. The highest BCUT2D eigenvalue weighted by Crippen LogP contribution is 2.60. The first-order chi connectivity index (χ1) is 48.0. The van der Waals surface area contributed by atoms with Gasteiger partial charge >= 0.3 is 0 Å². The standard InChI is InChI=1S/C16H24.C15H23N.C15H22.C14H21N.C13H19N.C13H16.C12H17N/c1-15(2,3)16(12-8-5-9-13-16)14-10-6-4-7-11-14;1-14(2,3)15(9-5-4-6-10-15)13-7-11-16-12-8-13;1-14(2,3)15(11-7-8-12-15)13-9-5-4-6-10-13;1-13(2,3)14(8-4-5-9-14)12-6-10-15-11-7-12;1-12(2,3)13(7-4-8-13)11-5-9-14-10-6-11;1-13(2,3)11-7-10-12-8-5-4-6-9-12;1-11(2,3)12(6-7-12)10-4-8-13-9-5-10/h4,6-7,10-11H,5,8-9,12-13H2,1-3H3;7-8,11-12H,4-6,9-10H2,1-3H3;4-6,9-10H,7-8,11-12H2,1-3H3;6-7,10-11H,4-5,8-9H2,1-3H3;5-6,9-10H,4,7-8H2,1-3H3;4-6,8-9H,11H2,1-3H3;4-5,8-9H,6-7H2,1-3H3. The van der Waals surface area contributed by atoms with Gasteiger partial charge in [-0.15, -0.1) is 0 Å². The molecule has 0 amide bonds. The minimum absolute atomic E-state index is 0.307. The Hall–Kier alpha value is -6.18. The van der Waals surface area contributed by atoms with Crippen LogP contribution < -0.4 is 0 Å². The van der Waals surface area contributed by atoms with E-state index >= 15 is 0 Å². The van der Waals surface area contributed by atoms with Gasteiger partial charge in [0.1, 0.15) is 0 Å². The lowest BCUT2D eigenvalue weighted by Crippen LogP contribution is -2.45. The molecule has 0 spiro atoms. The lowest BCUT2D eigenvalue weighted by molar-refractivity contribution is 0.0851. The number of nitrogens with zero attached hydrogens (tertiary/aromatic N) is 4. The zero-order chi connectivity index (χ0) is 74.7. The van der Waals surface area contributed by atoms with Gasteiger partial charge < -0.3 is 0 Å². The zero-order valence-electron chi connectivity index (χ0n) is 68.7. The summed E-state index contributed by atoms with van der Waals surface area (Å²) in [5, 5.41) is 0. The zero-order valence-corrected chi connectivity index (χ0v) is 68.7. The van der Waals surface area contributed by atoms with Crippen molar-refractivity contribution in [2.45, 2.75) is 332 Å². The maximum atomic E-state index is 4.15. The van der Waals surface area contributed by atoms with Gasteiger partial charge in [0.25, 0.3) is 0 Å². The summed E-state index contributed by atoms with van der Waals surface area (Å²) in [5.41, 5.74) is 15.1. The molecule has 0 atom stereocenters. The van der Waals surface area contributed by atoms with Gasteiger partial charge in [-0.3, -0.25) is 19.9 Å². The van der Waals surface area contributed by atoms with Crippen molar-refractivity contribution >= 4 is 0 Å². The SMILES string of the molecule is CC(C)(C)C1(c2ccccc2)CCCC1.CC(C)(C)C1(c2ccccc2)CCCCC1.CC(C)(C)C1(c2ccncc2)CC1.CC(C)(C)C1(c2ccncc2)CCC1.CC(C)(C)C1(c2ccncc2)CCCC1.CC(C)(C)C1(c2ccncc2)CCCCC1.CC(C)(C)CC#Cc1ccccc1. The number of pyridine rings is 4. The Kier molecular flexibility index (Phi) is 28.7. The molecule has 0 radical (unpaired) electrons. The molecule has 4 heterocycles. The quantitative estimate of drug-likeness (QED) is 0.156. The highest BCUT2D eigenvalue weighted by atomic mass is 14.7. The van der Waals surface area contributed by atoms with E-state index in [1.165, 1.54) is 170 Å². The molecule has 0 unspecified atom stereocenters. The molecule has 13 rings (SSSR count). The van der Waals surface area contributed by atoms with Crippen molar-refractivity contribution in [1.82, 2.24) is 19.9 Å². The van der Waals surface area contributed by atoms with Crippen LogP contribution in [-0.4, -0.2) is 19.9 Å². The topological polar surface area (TPSA) is 51.6 Å². The molecular weight excluding hydrogens is 1230 g/mol. The second-order valence-corrected chi connectivity index (χ2v) is 39.0. The summed E-state index contributed by atoms with van der Waals surface area (Å²) in [6.45, 7) is 49.4. The van der Waals surface area contributed by atoms with E-state index in [4.69, 9.17) is 0 Å². The third kappa shape index (κ3) is 20.7. The van der Waals surface area contributed by atoms with Crippen LogP contribution in [0.2, 0.25) is 0 Å². The molecule has 0 saturated heterocycles. The van der Waals surface area contributed by atoms with E-state index in [9.17, 15) is 0 Å². The van der Waals surface area contributed by atoms with Crippen LogP contribution in [-0.2, 0) is 32.5 Å². The van der Waals surface area contributed by atoms with E-state index in [1.54, 1.807) is 11.1 Å². The van der Waals surface area contributed by atoms with Gasteiger partial charge in [0, 0.05) is 94.0 Å². The van der Waals surface area contributed by atoms with Crippen LogP contribution in [0.1, 0.15) is 338 Å². The second kappa shape index (κ2) is 35.3. The third-order valence-corrected chi connectivity index (χ3v) is 26.1. The van der Waals surface area contributed by atoms with Gasteiger partial charge in [0.05, 0.1) is 0 Å². The molecule has 102 heavy (non-hydrogen) atoms. The van der Waals surface area contributed by atoms with Gasteiger partial charge in [-0.25, -0.2) is 0 Å². The monoisotopic (exact) mass is 1380 g/mol. The Morgan fingerprint density at radius 3 is 0.627 bits per heavy atom. The fraction of sp³-hybridized carbons (Fsp3) is 0.592. The van der Waals surface area contributed by atoms with Crippen LogP contribution in [0.5, 0.6) is 0 Å². The molecule has 4 heteroatoms. The van der Waals surface area contributed by atoms with Crippen LogP contribution >= 0.6 is 0 Å². The molecule has 0 bridgehead atoms. The largest absolute Gasteiger partial charge is 0.265 e. The smallest absolute Gasteiger partial charge is 0.0270 e. The number of hydrogen-bond acceptors (Lipinski definition) is 4. The highest BCUT2D eigenvalue weighted by Gasteiger charge is 2.53. The number of hydrogen-bond donors (Lipinski definition) is 0. The van der Waals surface area contributed by atoms with Gasteiger partial charge in [0.15, 0.2) is 0 Å². The fourth-order valence-corrected chi connectivity index (χ4v) is 18.9. The molecule has 6 aliphatic carbocycles. The molecule has 7 aromatic rings. The molecular formula is C98H142N4. The minimum Gasteiger partial charge on any atom is -0.265 e. The Balaban J connectivity index is 0.000000167. The maximum Gasteiger partial charge on any atom is 0.0270 e. The second-order valence-electron chi connectivity index (χ2n) is 39.0. The minimum atomic E-state index is 0.307. The summed E-state index contributed by atoms with van der Waals surface area (Å²) in [7, 11) is 0. The van der Waals surface area contributed by atoms with E-state index in [1.807, 2.05) is 79.9 Å². The predicted octanol–water partition coefficient (Wildman–Crippen LogP) is 27.9. The number of benzene rings is 3. The summed E-state index contributed by atoms with van der Waals surface area (Å²) < 4.78 is 0. The van der Waals surface area contributed by atoms with Crippen LogP contribution in [0, 0.1) is 49.7 Å². The summed E-state index contributed by atoms with van der Waals surface area (Å²) >= 11 is 0. The first-order valence-electron chi connectivity index (χ1n) is 40.2. The summed E-state index contributed by atoms with van der Waals surface area (Å²) in [6, 6.07) is 49.9. The average Bonchev–Trinajstić information content (AvgIpc) is 1.62. The molecule has 6 aliphatic rings. The predicted molar refractivity (Wildman–Crippen MR) is 440 cm³/mol. The molecule has 6 fully saturated rings. The van der Waals surface area contributed by atoms with Gasteiger partial charge in [0.2, 0.25) is 0 Å². The summed E-state index contributed by atoms with van der Waals surface area (Å²) in [4.78, 5) is 16.5. The molecule has 4 nitrogen and oxygen atoms in total. The number of aromatic nitrogens is 4. The Bertz CT molecular complexity index is 3400. The molecule has 554 valence electrons. The number of rotatable bonds is 6.